The number of carbonyl (C=O) groups is 3. The second kappa shape index (κ2) is 10.4. The zero-order valence-corrected chi connectivity index (χ0v) is 15.4. The zero-order valence-electron chi connectivity index (χ0n) is 14.6. The molecule has 6 nitrogen and oxygen atoms in total. The van der Waals surface area contributed by atoms with Crippen molar-refractivity contribution in [2.24, 2.45) is 0 Å². The van der Waals surface area contributed by atoms with Gasteiger partial charge in [-0.25, -0.2) is 0 Å². The maximum Gasteiger partial charge on any atom is 0.222 e. The summed E-state index contributed by atoms with van der Waals surface area (Å²) >= 11 is 1.37. The molecule has 138 valence electrons. The standard InChI is InChI=1S/C19H22N2O4S/c1-25-15-6-4-14(5-7-15)13-21-19(24)10-11-20-18(23)9-8-16(22)17-3-2-12-26-17/h2-7,12H,8-11,13H2,1H3,(H,20,23)(H,21,24). The maximum atomic E-state index is 11.8. The molecule has 0 saturated carbocycles. The molecule has 0 aliphatic heterocycles. The van der Waals surface area contributed by atoms with E-state index < -0.39 is 0 Å². The number of amides is 2. The normalized spacial score (nSPS) is 10.2. The van der Waals surface area contributed by atoms with E-state index >= 15 is 0 Å². The topological polar surface area (TPSA) is 84.5 Å². The summed E-state index contributed by atoms with van der Waals surface area (Å²) in [6.07, 6.45) is 0.501. The Balaban J connectivity index is 1.58. The molecule has 7 heteroatoms. The first-order valence-corrected chi connectivity index (χ1v) is 9.19. The number of ether oxygens (including phenoxy) is 1. The van der Waals surface area contributed by atoms with Gasteiger partial charge in [0.05, 0.1) is 12.0 Å². The molecule has 2 amide bonds. The molecule has 0 atom stereocenters. The van der Waals surface area contributed by atoms with E-state index in [1.165, 1.54) is 11.3 Å². The SMILES string of the molecule is COc1ccc(CNC(=O)CCNC(=O)CCC(=O)c2cccs2)cc1. The van der Waals surface area contributed by atoms with Crippen LogP contribution in [0.5, 0.6) is 5.75 Å². The van der Waals surface area contributed by atoms with Gasteiger partial charge in [-0.1, -0.05) is 18.2 Å². The third-order valence-electron chi connectivity index (χ3n) is 3.70. The van der Waals surface area contributed by atoms with Crippen LogP contribution >= 0.6 is 11.3 Å². The molecule has 0 bridgehead atoms. The van der Waals surface area contributed by atoms with Crippen molar-refractivity contribution in [1.82, 2.24) is 10.6 Å². The summed E-state index contributed by atoms with van der Waals surface area (Å²) in [6, 6.07) is 11.0. The monoisotopic (exact) mass is 374 g/mol. The predicted octanol–water partition coefficient (Wildman–Crippen LogP) is 2.54. The summed E-state index contributed by atoms with van der Waals surface area (Å²) in [5.74, 6) is 0.362. The van der Waals surface area contributed by atoms with E-state index in [1.807, 2.05) is 35.7 Å². The van der Waals surface area contributed by atoms with E-state index in [4.69, 9.17) is 4.74 Å². The van der Waals surface area contributed by atoms with Crippen LogP contribution in [-0.4, -0.2) is 31.3 Å². The lowest BCUT2D eigenvalue weighted by molar-refractivity contribution is -0.122. The van der Waals surface area contributed by atoms with Crippen LogP contribution in [-0.2, 0) is 16.1 Å². The molecule has 0 aliphatic carbocycles. The third kappa shape index (κ3) is 6.68. The third-order valence-corrected chi connectivity index (χ3v) is 4.61. The van der Waals surface area contributed by atoms with Crippen molar-refractivity contribution in [3.63, 3.8) is 0 Å². The number of Topliss-reactive ketones (excluding diaryl/α,β-unsaturated/α-hetero) is 1. The molecule has 1 heterocycles. The fraction of sp³-hybridized carbons (Fsp3) is 0.316. The van der Waals surface area contributed by atoms with Crippen molar-refractivity contribution in [2.75, 3.05) is 13.7 Å². The Labute approximate surface area is 156 Å². The van der Waals surface area contributed by atoms with Crippen molar-refractivity contribution in [3.05, 3.63) is 52.2 Å². The fourth-order valence-electron chi connectivity index (χ4n) is 2.22. The summed E-state index contributed by atoms with van der Waals surface area (Å²) in [6.45, 7) is 0.673. The van der Waals surface area contributed by atoms with Gasteiger partial charge in [0.1, 0.15) is 5.75 Å². The number of ketones is 1. The van der Waals surface area contributed by atoms with Gasteiger partial charge in [0.15, 0.2) is 5.78 Å². The molecule has 2 N–H and O–H groups in total. The van der Waals surface area contributed by atoms with Crippen LogP contribution in [0.15, 0.2) is 41.8 Å². The van der Waals surface area contributed by atoms with Gasteiger partial charge in [0.2, 0.25) is 11.8 Å². The number of nitrogens with one attached hydrogen (secondary N) is 2. The van der Waals surface area contributed by atoms with E-state index in [1.54, 1.807) is 13.2 Å². The van der Waals surface area contributed by atoms with Crippen molar-refractivity contribution < 1.29 is 19.1 Å². The van der Waals surface area contributed by atoms with Crippen LogP contribution in [0.25, 0.3) is 0 Å². The first-order valence-electron chi connectivity index (χ1n) is 8.31. The maximum absolute atomic E-state index is 11.8. The van der Waals surface area contributed by atoms with E-state index in [0.29, 0.717) is 11.4 Å². The van der Waals surface area contributed by atoms with Gasteiger partial charge >= 0.3 is 0 Å². The molecule has 0 unspecified atom stereocenters. The van der Waals surface area contributed by atoms with Crippen LogP contribution in [0.1, 0.15) is 34.5 Å². The Bertz CT molecular complexity index is 727. The number of hydrogen-bond donors (Lipinski definition) is 2. The van der Waals surface area contributed by atoms with Gasteiger partial charge in [-0.05, 0) is 29.1 Å². The molecule has 0 saturated heterocycles. The minimum atomic E-state index is -0.224. The largest absolute Gasteiger partial charge is 0.497 e. The molecule has 26 heavy (non-hydrogen) atoms. The molecule has 0 aliphatic rings. The van der Waals surface area contributed by atoms with Crippen LogP contribution in [0.3, 0.4) is 0 Å². The average Bonchev–Trinajstić information content (AvgIpc) is 3.19. The van der Waals surface area contributed by atoms with Crippen molar-refractivity contribution in [3.8, 4) is 5.75 Å². The van der Waals surface area contributed by atoms with Gasteiger partial charge in [-0.2, -0.15) is 0 Å². The Hall–Kier alpha value is -2.67. The van der Waals surface area contributed by atoms with E-state index in [2.05, 4.69) is 10.6 Å². The van der Waals surface area contributed by atoms with Gasteiger partial charge in [-0.15, -0.1) is 11.3 Å². The number of rotatable bonds is 10. The highest BCUT2D eigenvalue weighted by Crippen LogP contribution is 2.12. The highest BCUT2D eigenvalue weighted by atomic mass is 32.1. The number of thiophene rings is 1. The molecule has 0 fully saturated rings. The lowest BCUT2D eigenvalue weighted by Crippen LogP contribution is -2.30. The highest BCUT2D eigenvalue weighted by Gasteiger charge is 2.10. The lowest BCUT2D eigenvalue weighted by Gasteiger charge is -2.07. The van der Waals surface area contributed by atoms with Gasteiger partial charge in [0.25, 0.3) is 0 Å². The summed E-state index contributed by atoms with van der Waals surface area (Å²) in [5, 5.41) is 7.29. The van der Waals surface area contributed by atoms with Gasteiger partial charge < -0.3 is 15.4 Å². The van der Waals surface area contributed by atoms with Crippen molar-refractivity contribution >= 4 is 28.9 Å². The van der Waals surface area contributed by atoms with Crippen molar-refractivity contribution in [1.29, 1.82) is 0 Å². The minimum absolute atomic E-state index is 0.0348. The molecular formula is C19H22N2O4S. The zero-order chi connectivity index (χ0) is 18.8. The summed E-state index contributed by atoms with van der Waals surface area (Å²) in [5.41, 5.74) is 0.968. The number of methoxy groups -OCH3 is 1. The second-order valence-corrected chi connectivity index (χ2v) is 6.57. The second-order valence-electron chi connectivity index (χ2n) is 5.63. The highest BCUT2D eigenvalue weighted by molar-refractivity contribution is 7.12. The van der Waals surface area contributed by atoms with E-state index in [0.717, 1.165) is 11.3 Å². The lowest BCUT2D eigenvalue weighted by atomic mass is 10.2. The van der Waals surface area contributed by atoms with Crippen LogP contribution in [0.4, 0.5) is 0 Å². The Morgan fingerprint density at radius 3 is 2.35 bits per heavy atom. The van der Waals surface area contributed by atoms with Crippen LogP contribution in [0, 0.1) is 0 Å². The molecule has 2 rings (SSSR count). The summed E-state index contributed by atoms with van der Waals surface area (Å²) in [7, 11) is 1.60. The number of hydrogen-bond acceptors (Lipinski definition) is 5. The first-order chi connectivity index (χ1) is 12.6. The van der Waals surface area contributed by atoms with Gasteiger partial charge in [-0.3, -0.25) is 14.4 Å². The molecule has 1 aromatic carbocycles. The predicted molar refractivity (Wildman–Crippen MR) is 100 cm³/mol. The quantitative estimate of drug-likeness (QED) is 0.626. The molecule has 0 spiro atoms. The van der Waals surface area contributed by atoms with E-state index in [-0.39, 0.29) is 43.4 Å². The van der Waals surface area contributed by atoms with Crippen LogP contribution < -0.4 is 15.4 Å². The fourth-order valence-corrected chi connectivity index (χ4v) is 2.92. The number of benzene rings is 1. The number of carbonyl (C=O) groups excluding carboxylic acids is 3. The van der Waals surface area contributed by atoms with Crippen molar-refractivity contribution in [2.45, 2.75) is 25.8 Å². The minimum Gasteiger partial charge on any atom is -0.497 e. The first kappa shape index (κ1) is 19.7. The van der Waals surface area contributed by atoms with Gasteiger partial charge in [0, 0.05) is 32.4 Å². The molecular weight excluding hydrogens is 352 g/mol. The molecule has 1 aromatic heterocycles. The average molecular weight is 374 g/mol. The van der Waals surface area contributed by atoms with Crippen LogP contribution in [0.2, 0.25) is 0 Å². The summed E-state index contributed by atoms with van der Waals surface area (Å²) < 4.78 is 5.08. The Morgan fingerprint density at radius 1 is 0.962 bits per heavy atom. The molecule has 0 radical (unpaired) electrons. The summed E-state index contributed by atoms with van der Waals surface area (Å²) in [4.78, 5) is 36.0. The Morgan fingerprint density at radius 2 is 1.69 bits per heavy atom. The Kier molecular flexibility index (Phi) is 7.82. The smallest absolute Gasteiger partial charge is 0.222 e. The van der Waals surface area contributed by atoms with E-state index in [9.17, 15) is 14.4 Å². The molecule has 2 aromatic rings.